The standard InChI is InChI=1S/C28H32N6O4/c1-37-25-15-18(13-20-16-31-28(30)33-27(20)29)14-22(26(25)38-2)24(36)10-11-34-23(9-5-6-12-35)21-8-4-3-7-19(21)17-32-34/h3-4,7-8,10-11,14-17,23,35H,5-6,9,12-13H2,1-2H3,(H4,29,30,31,33)/b11-10+. The van der Waals surface area contributed by atoms with E-state index in [-0.39, 0.29) is 30.2 Å². The van der Waals surface area contributed by atoms with Gasteiger partial charge in [0.15, 0.2) is 17.3 Å². The summed E-state index contributed by atoms with van der Waals surface area (Å²) in [6.07, 6.45) is 9.20. The summed E-state index contributed by atoms with van der Waals surface area (Å²) in [7, 11) is 3.01. The average molecular weight is 517 g/mol. The minimum absolute atomic E-state index is 0.0527. The van der Waals surface area contributed by atoms with Crippen molar-refractivity contribution in [2.24, 2.45) is 5.10 Å². The summed E-state index contributed by atoms with van der Waals surface area (Å²) in [5.74, 6) is 0.849. The van der Waals surface area contributed by atoms with Gasteiger partial charge in [-0.25, -0.2) is 4.98 Å². The lowest BCUT2D eigenvalue weighted by Gasteiger charge is -2.31. The van der Waals surface area contributed by atoms with Crippen molar-refractivity contribution >= 4 is 23.8 Å². The molecule has 0 saturated carbocycles. The minimum Gasteiger partial charge on any atom is -0.493 e. The first-order chi connectivity index (χ1) is 18.4. The Balaban J connectivity index is 1.63. The second kappa shape index (κ2) is 12.2. The number of carbonyl (C=O) groups excluding carboxylic acids is 1. The van der Waals surface area contributed by atoms with Gasteiger partial charge in [0.25, 0.3) is 0 Å². The number of nitrogen functional groups attached to an aromatic ring is 2. The van der Waals surface area contributed by atoms with E-state index in [0.717, 1.165) is 29.5 Å². The normalized spacial score (nSPS) is 14.5. The number of unbranched alkanes of at least 4 members (excludes halogenated alkanes) is 1. The first kappa shape index (κ1) is 26.6. The van der Waals surface area contributed by atoms with E-state index in [0.29, 0.717) is 35.5 Å². The van der Waals surface area contributed by atoms with Crippen LogP contribution in [0.15, 0.2) is 60.0 Å². The molecule has 38 heavy (non-hydrogen) atoms. The van der Waals surface area contributed by atoms with E-state index in [1.54, 1.807) is 35.8 Å². The summed E-state index contributed by atoms with van der Waals surface area (Å²) in [5.41, 5.74) is 15.6. The summed E-state index contributed by atoms with van der Waals surface area (Å²) in [6, 6.07) is 11.5. The highest BCUT2D eigenvalue weighted by Crippen LogP contribution is 2.35. The molecule has 1 aromatic heterocycles. The average Bonchev–Trinajstić information content (AvgIpc) is 2.93. The summed E-state index contributed by atoms with van der Waals surface area (Å²) in [5, 5.41) is 15.6. The maximum atomic E-state index is 13.5. The highest BCUT2D eigenvalue weighted by Gasteiger charge is 2.24. The van der Waals surface area contributed by atoms with Crippen LogP contribution in [-0.4, -0.2) is 52.9 Å². The van der Waals surface area contributed by atoms with Crippen LogP contribution in [0.3, 0.4) is 0 Å². The molecular formula is C28H32N6O4. The maximum absolute atomic E-state index is 13.5. The van der Waals surface area contributed by atoms with E-state index in [4.69, 9.17) is 20.9 Å². The molecule has 10 nitrogen and oxygen atoms in total. The van der Waals surface area contributed by atoms with Crippen LogP contribution >= 0.6 is 0 Å². The molecule has 0 radical (unpaired) electrons. The van der Waals surface area contributed by atoms with Gasteiger partial charge in [-0.15, -0.1) is 0 Å². The number of hydrogen-bond donors (Lipinski definition) is 3. The van der Waals surface area contributed by atoms with Gasteiger partial charge in [-0.05, 0) is 48.1 Å². The van der Waals surface area contributed by atoms with E-state index in [2.05, 4.69) is 21.1 Å². The fourth-order valence-corrected chi connectivity index (χ4v) is 4.49. The number of allylic oxidation sites excluding steroid dienone is 1. The Morgan fingerprint density at radius 3 is 2.71 bits per heavy atom. The lowest BCUT2D eigenvalue weighted by Crippen LogP contribution is -2.24. The number of aliphatic hydroxyl groups is 1. The zero-order valence-corrected chi connectivity index (χ0v) is 21.5. The fourth-order valence-electron chi connectivity index (χ4n) is 4.49. The van der Waals surface area contributed by atoms with Gasteiger partial charge in [0.05, 0.1) is 32.0 Å². The Kier molecular flexibility index (Phi) is 8.55. The topological polar surface area (TPSA) is 149 Å². The van der Waals surface area contributed by atoms with Gasteiger partial charge in [0.2, 0.25) is 5.95 Å². The fraction of sp³-hybridized carbons (Fsp3) is 0.286. The molecule has 4 rings (SSSR count). The molecule has 2 aromatic carbocycles. The van der Waals surface area contributed by atoms with Gasteiger partial charge in [-0.1, -0.05) is 24.3 Å². The van der Waals surface area contributed by atoms with Gasteiger partial charge >= 0.3 is 0 Å². The highest BCUT2D eigenvalue weighted by atomic mass is 16.5. The quantitative estimate of drug-likeness (QED) is 0.198. The Bertz CT molecular complexity index is 1360. The second-order valence-corrected chi connectivity index (χ2v) is 8.86. The number of aliphatic hydroxyl groups excluding tert-OH is 1. The molecule has 198 valence electrons. The van der Waals surface area contributed by atoms with Crippen molar-refractivity contribution in [3.8, 4) is 11.5 Å². The number of carbonyl (C=O) groups is 1. The largest absolute Gasteiger partial charge is 0.493 e. The molecule has 0 fully saturated rings. The van der Waals surface area contributed by atoms with E-state index in [9.17, 15) is 9.90 Å². The van der Waals surface area contributed by atoms with E-state index >= 15 is 0 Å². The predicted molar refractivity (Wildman–Crippen MR) is 146 cm³/mol. The Morgan fingerprint density at radius 1 is 1.16 bits per heavy atom. The van der Waals surface area contributed by atoms with E-state index in [1.165, 1.54) is 20.3 Å². The van der Waals surface area contributed by atoms with E-state index < -0.39 is 0 Å². The van der Waals surface area contributed by atoms with Crippen molar-refractivity contribution in [3.05, 3.63) is 82.7 Å². The summed E-state index contributed by atoms with van der Waals surface area (Å²) >= 11 is 0. The summed E-state index contributed by atoms with van der Waals surface area (Å²) in [6.45, 7) is 0.137. The molecule has 10 heteroatoms. The van der Waals surface area contributed by atoms with Crippen LogP contribution in [0.2, 0.25) is 0 Å². The van der Waals surface area contributed by atoms with Crippen LogP contribution < -0.4 is 20.9 Å². The number of anilines is 2. The highest BCUT2D eigenvalue weighted by molar-refractivity contribution is 6.07. The number of nitrogens with zero attached hydrogens (tertiary/aromatic N) is 4. The van der Waals surface area contributed by atoms with Crippen LogP contribution in [0, 0.1) is 0 Å². The molecule has 2 heterocycles. The summed E-state index contributed by atoms with van der Waals surface area (Å²) < 4.78 is 11.1. The lowest BCUT2D eigenvalue weighted by atomic mass is 9.95. The first-order valence-electron chi connectivity index (χ1n) is 12.3. The number of methoxy groups -OCH3 is 2. The second-order valence-electron chi connectivity index (χ2n) is 8.86. The Morgan fingerprint density at radius 2 is 1.97 bits per heavy atom. The third kappa shape index (κ3) is 5.92. The van der Waals surface area contributed by atoms with Gasteiger partial charge in [0.1, 0.15) is 5.82 Å². The number of benzene rings is 2. The molecule has 0 amide bonds. The summed E-state index contributed by atoms with van der Waals surface area (Å²) in [4.78, 5) is 21.5. The number of fused-ring (bicyclic) bond motifs is 1. The number of hydrogen-bond acceptors (Lipinski definition) is 10. The smallest absolute Gasteiger partial charge is 0.221 e. The number of ketones is 1. The SMILES string of the molecule is COc1cc(Cc2cnc(N)nc2N)cc(C(=O)/C=C/N2N=Cc3ccccc3C2CCCCO)c1OC. The number of nitrogens with two attached hydrogens (primary N) is 2. The number of aromatic nitrogens is 2. The minimum atomic E-state index is -0.272. The van der Waals surface area contributed by atoms with Gasteiger partial charge in [-0.3, -0.25) is 9.80 Å². The van der Waals surface area contributed by atoms with Crippen LogP contribution in [0.25, 0.3) is 0 Å². The molecule has 0 aliphatic carbocycles. The van der Waals surface area contributed by atoms with E-state index in [1.807, 2.05) is 18.2 Å². The predicted octanol–water partition coefficient (Wildman–Crippen LogP) is 3.50. The zero-order chi connectivity index (χ0) is 27.1. The number of ether oxygens (including phenoxy) is 2. The molecule has 5 N–H and O–H groups in total. The maximum Gasteiger partial charge on any atom is 0.221 e. The number of rotatable bonds is 11. The number of hydrazone groups is 1. The third-order valence-corrected chi connectivity index (χ3v) is 6.38. The molecule has 0 spiro atoms. The molecule has 3 aromatic rings. The van der Waals surface area contributed by atoms with Crippen molar-refractivity contribution < 1.29 is 19.4 Å². The van der Waals surface area contributed by atoms with Crippen LogP contribution in [0.4, 0.5) is 11.8 Å². The van der Waals surface area contributed by atoms with Gasteiger partial charge in [0, 0.05) is 37.1 Å². The Hall–Kier alpha value is -4.44. The Labute approximate surface area is 221 Å². The van der Waals surface area contributed by atoms with Crippen molar-refractivity contribution in [1.29, 1.82) is 0 Å². The molecule has 0 bridgehead atoms. The molecule has 1 aliphatic heterocycles. The van der Waals surface area contributed by atoms with Crippen molar-refractivity contribution in [3.63, 3.8) is 0 Å². The van der Waals surface area contributed by atoms with Crippen LogP contribution in [-0.2, 0) is 6.42 Å². The van der Waals surface area contributed by atoms with Gasteiger partial charge < -0.3 is 26.0 Å². The van der Waals surface area contributed by atoms with Crippen LogP contribution in [0.5, 0.6) is 11.5 Å². The monoisotopic (exact) mass is 516 g/mol. The molecular weight excluding hydrogens is 484 g/mol. The first-order valence-corrected chi connectivity index (χ1v) is 12.3. The molecule has 1 atom stereocenters. The molecule has 1 aliphatic rings. The molecule has 1 unspecified atom stereocenters. The lowest BCUT2D eigenvalue weighted by molar-refractivity contribution is 0.104. The zero-order valence-electron chi connectivity index (χ0n) is 21.5. The molecule has 0 saturated heterocycles. The van der Waals surface area contributed by atoms with Crippen LogP contribution in [0.1, 0.15) is 57.9 Å². The van der Waals surface area contributed by atoms with Gasteiger partial charge in [-0.2, -0.15) is 10.1 Å². The van der Waals surface area contributed by atoms with Crippen molar-refractivity contribution in [1.82, 2.24) is 15.0 Å². The van der Waals surface area contributed by atoms with Crippen molar-refractivity contribution in [2.75, 3.05) is 32.3 Å². The van der Waals surface area contributed by atoms with Crippen molar-refractivity contribution in [2.45, 2.75) is 31.7 Å². The third-order valence-electron chi connectivity index (χ3n) is 6.38.